The predicted molar refractivity (Wildman–Crippen MR) is 81.5 cm³/mol. The van der Waals surface area contributed by atoms with E-state index in [2.05, 4.69) is 61.7 Å². The fourth-order valence-electron chi connectivity index (χ4n) is 2.37. The van der Waals surface area contributed by atoms with Gasteiger partial charge >= 0.3 is 0 Å². The number of aryl methyl sites for hydroxylation is 3. The number of aromatic nitrogens is 2. The number of rotatable bonds is 4. The lowest BCUT2D eigenvalue weighted by atomic mass is 9.97. The molecule has 4 heteroatoms. The minimum atomic E-state index is 0.468. The van der Waals surface area contributed by atoms with Crippen molar-refractivity contribution in [3.63, 3.8) is 0 Å². The Morgan fingerprint density at radius 1 is 1.16 bits per heavy atom. The maximum absolute atomic E-state index is 4.34. The molecule has 102 valence electrons. The molecule has 0 aliphatic heterocycles. The van der Waals surface area contributed by atoms with Crippen molar-refractivity contribution in [2.24, 2.45) is 0 Å². The molecule has 0 unspecified atom stereocenters. The quantitative estimate of drug-likeness (QED) is 0.926. The van der Waals surface area contributed by atoms with Crippen molar-refractivity contribution in [2.75, 3.05) is 0 Å². The average molecular weight is 275 g/mol. The molecule has 2 rings (SSSR count). The van der Waals surface area contributed by atoms with E-state index in [1.54, 1.807) is 0 Å². The first-order valence-electron chi connectivity index (χ1n) is 6.62. The highest BCUT2D eigenvalue weighted by molar-refractivity contribution is 7.05. The zero-order chi connectivity index (χ0) is 14.0. The highest BCUT2D eigenvalue weighted by Crippen LogP contribution is 2.30. The molecule has 0 aliphatic carbocycles. The van der Waals surface area contributed by atoms with Crippen molar-refractivity contribution >= 4 is 11.5 Å². The van der Waals surface area contributed by atoms with Crippen molar-refractivity contribution in [1.82, 2.24) is 14.9 Å². The molecule has 1 N–H and O–H groups in total. The lowest BCUT2D eigenvalue weighted by Gasteiger charge is -2.11. The Balaban J connectivity index is 2.40. The summed E-state index contributed by atoms with van der Waals surface area (Å²) in [6.07, 6.45) is 0. The largest absolute Gasteiger partial charge is 0.310 e. The predicted octanol–water partition coefficient (Wildman–Crippen LogP) is 3.63. The van der Waals surface area contributed by atoms with E-state index in [0.29, 0.717) is 6.04 Å². The molecule has 2 aromatic rings. The number of benzene rings is 1. The van der Waals surface area contributed by atoms with E-state index in [1.165, 1.54) is 38.7 Å². The summed E-state index contributed by atoms with van der Waals surface area (Å²) in [4.78, 5) is 1.21. The van der Waals surface area contributed by atoms with Crippen LogP contribution in [0.5, 0.6) is 0 Å². The Bertz CT molecular complexity index is 550. The van der Waals surface area contributed by atoms with E-state index in [9.17, 15) is 0 Å². The van der Waals surface area contributed by atoms with Crippen LogP contribution in [0.15, 0.2) is 12.1 Å². The van der Waals surface area contributed by atoms with Crippen LogP contribution in [0.3, 0.4) is 0 Å². The topological polar surface area (TPSA) is 37.8 Å². The van der Waals surface area contributed by atoms with Crippen LogP contribution in [0.1, 0.15) is 35.4 Å². The van der Waals surface area contributed by atoms with Crippen LogP contribution < -0.4 is 5.32 Å². The van der Waals surface area contributed by atoms with Crippen LogP contribution in [0, 0.1) is 20.8 Å². The molecule has 1 aromatic heterocycles. The zero-order valence-electron chi connectivity index (χ0n) is 12.2. The summed E-state index contributed by atoms with van der Waals surface area (Å²) in [7, 11) is 0. The Morgan fingerprint density at radius 2 is 1.79 bits per heavy atom. The van der Waals surface area contributed by atoms with Gasteiger partial charge in [-0.2, -0.15) is 0 Å². The summed E-state index contributed by atoms with van der Waals surface area (Å²) >= 11 is 1.48. The molecule has 0 aliphatic rings. The standard InChI is InChI=1S/C15H21N3S/c1-9(2)16-8-13-15(17-18-19-13)14-11(4)6-10(3)7-12(14)5/h6-7,9,16H,8H2,1-5H3. The lowest BCUT2D eigenvalue weighted by Crippen LogP contribution is -2.21. The number of hydrogen-bond donors (Lipinski definition) is 1. The third-order valence-electron chi connectivity index (χ3n) is 3.14. The SMILES string of the molecule is Cc1cc(C)c(-c2nnsc2CNC(C)C)c(C)c1. The summed E-state index contributed by atoms with van der Waals surface area (Å²) in [5.41, 5.74) is 6.11. The second-order valence-corrected chi connectivity index (χ2v) is 6.19. The first kappa shape index (κ1) is 14.2. The fraction of sp³-hybridized carbons (Fsp3) is 0.467. The molecular weight excluding hydrogens is 254 g/mol. The van der Waals surface area contributed by atoms with Crippen LogP contribution in [0.4, 0.5) is 0 Å². The molecule has 0 radical (unpaired) electrons. The zero-order valence-corrected chi connectivity index (χ0v) is 13.1. The second-order valence-electron chi connectivity index (χ2n) is 5.35. The average Bonchev–Trinajstić information content (AvgIpc) is 2.73. The van der Waals surface area contributed by atoms with Gasteiger partial charge in [0.1, 0.15) is 5.69 Å². The molecule has 19 heavy (non-hydrogen) atoms. The van der Waals surface area contributed by atoms with Gasteiger partial charge in [0.2, 0.25) is 0 Å². The van der Waals surface area contributed by atoms with Crippen LogP contribution >= 0.6 is 11.5 Å². The van der Waals surface area contributed by atoms with E-state index >= 15 is 0 Å². The van der Waals surface area contributed by atoms with Crippen molar-refractivity contribution in [3.05, 3.63) is 33.7 Å². The first-order chi connectivity index (χ1) is 8.99. The van der Waals surface area contributed by atoms with Gasteiger partial charge in [0, 0.05) is 18.2 Å². The minimum Gasteiger partial charge on any atom is -0.310 e. The molecule has 1 heterocycles. The Labute approximate surface area is 119 Å². The number of hydrogen-bond acceptors (Lipinski definition) is 4. The van der Waals surface area contributed by atoms with E-state index in [-0.39, 0.29) is 0 Å². The lowest BCUT2D eigenvalue weighted by molar-refractivity contribution is 0.593. The molecule has 0 amide bonds. The fourth-order valence-corrected chi connectivity index (χ4v) is 2.96. The van der Waals surface area contributed by atoms with Gasteiger partial charge < -0.3 is 5.32 Å². The van der Waals surface area contributed by atoms with E-state index in [4.69, 9.17) is 0 Å². The van der Waals surface area contributed by atoms with Gasteiger partial charge in [0.25, 0.3) is 0 Å². The maximum atomic E-state index is 4.34. The van der Waals surface area contributed by atoms with Crippen molar-refractivity contribution in [1.29, 1.82) is 0 Å². The van der Waals surface area contributed by atoms with Crippen LogP contribution in [0.2, 0.25) is 0 Å². The van der Waals surface area contributed by atoms with Gasteiger partial charge in [-0.1, -0.05) is 36.0 Å². The van der Waals surface area contributed by atoms with Crippen molar-refractivity contribution in [2.45, 2.75) is 47.2 Å². The third kappa shape index (κ3) is 3.19. The summed E-state index contributed by atoms with van der Waals surface area (Å²) in [6, 6.07) is 4.89. The summed E-state index contributed by atoms with van der Waals surface area (Å²) in [5, 5.41) is 7.78. The molecule has 0 atom stereocenters. The molecule has 0 bridgehead atoms. The number of nitrogens with zero attached hydrogens (tertiary/aromatic N) is 2. The Morgan fingerprint density at radius 3 is 2.37 bits per heavy atom. The van der Waals surface area contributed by atoms with Gasteiger partial charge in [0.05, 0.1) is 4.88 Å². The van der Waals surface area contributed by atoms with E-state index in [0.717, 1.165) is 12.2 Å². The molecule has 1 aromatic carbocycles. The molecule has 0 saturated heterocycles. The van der Waals surface area contributed by atoms with E-state index in [1.807, 2.05) is 0 Å². The minimum absolute atomic E-state index is 0.468. The summed E-state index contributed by atoms with van der Waals surface area (Å²) in [5.74, 6) is 0. The van der Waals surface area contributed by atoms with Crippen molar-refractivity contribution in [3.8, 4) is 11.3 Å². The monoisotopic (exact) mass is 275 g/mol. The smallest absolute Gasteiger partial charge is 0.110 e. The highest BCUT2D eigenvalue weighted by Gasteiger charge is 2.15. The highest BCUT2D eigenvalue weighted by atomic mass is 32.1. The molecule has 0 saturated carbocycles. The Hall–Kier alpha value is -1.26. The molecular formula is C15H21N3S. The molecule has 0 spiro atoms. The van der Waals surface area contributed by atoms with Gasteiger partial charge in [-0.3, -0.25) is 0 Å². The van der Waals surface area contributed by atoms with Crippen LogP contribution in [-0.4, -0.2) is 15.6 Å². The van der Waals surface area contributed by atoms with Gasteiger partial charge in [-0.05, 0) is 43.4 Å². The van der Waals surface area contributed by atoms with Crippen molar-refractivity contribution < 1.29 is 0 Å². The number of nitrogens with one attached hydrogen (secondary N) is 1. The second kappa shape index (κ2) is 5.80. The van der Waals surface area contributed by atoms with Crippen LogP contribution in [0.25, 0.3) is 11.3 Å². The normalized spacial score (nSPS) is 11.3. The van der Waals surface area contributed by atoms with Gasteiger partial charge in [-0.25, -0.2) is 0 Å². The van der Waals surface area contributed by atoms with E-state index < -0.39 is 0 Å². The maximum Gasteiger partial charge on any atom is 0.110 e. The third-order valence-corrected chi connectivity index (χ3v) is 3.86. The Kier molecular flexibility index (Phi) is 4.32. The van der Waals surface area contributed by atoms with Crippen LogP contribution in [-0.2, 0) is 6.54 Å². The molecule has 0 fully saturated rings. The molecule has 3 nitrogen and oxygen atoms in total. The van der Waals surface area contributed by atoms with Gasteiger partial charge in [-0.15, -0.1) is 5.10 Å². The first-order valence-corrected chi connectivity index (χ1v) is 7.39. The summed E-state index contributed by atoms with van der Waals surface area (Å²) < 4.78 is 4.13. The van der Waals surface area contributed by atoms with Gasteiger partial charge in [0.15, 0.2) is 0 Å². The summed E-state index contributed by atoms with van der Waals surface area (Å²) in [6.45, 7) is 11.6.